The van der Waals surface area contributed by atoms with Crippen LogP contribution < -0.4 is 5.32 Å². The predicted octanol–water partition coefficient (Wildman–Crippen LogP) is 3.11. The number of fused-ring (bicyclic) bond motifs is 1. The van der Waals surface area contributed by atoms with E-state index in [1.54, 1.807) is 0 Å². The first-order valence-corrected chi connectivity index (χ1v) is 7.99. The number of nitrogens with one attached hydrogen (secondary N) is 1. The minimum atomic E-state index is -0.0462. The maximum absolute atomic E-state index is 12.3. The summed E-state index contributed by atoms with van der Waals surface area (Å²) in [6, 6.07) is 0. The maximum Gasteiger partial charge on any atom is 0.273 e. The number of aryl methyl sites for hydroxylation is 1. The topological polar surface area (TPSA) is 55.1 Å². The van der Waals surface area contributed by atoms with Gasteiger partial charge < -0.3 is 9.84 Å². The van der Waals surface area contributed by atoms with Crippen molar-refractivity contribution in [1.82, 2.24) is 10.5 Å². The minimum Gasteiger partial charge on any atom is -0.360 e. The van der Waals surface area contributed by atoms with Gasteiger partial charge in [0.15, 0.2) is 5.69 Å². The Morgan fingerprint density at radius 1 is 1.30 bits per heavy atom. The fourth-order valence-corrected chi connectivity index (χ4v) is 3.63. The number of carbonyl (C=O) groups is 1. The lowest BCUT2D eigenvalue weighted by atomic mass is 9.82. The second-order valence-corrected chi connectivity index (χ2v) is 6.49. The van der Waals surface area contributed by atoms with Crippen molar-refractivity contribution in [2.24, 2.45) is 11.8 Å². The number of hydrogen-bond donors (Lipinski definition) is 1. The summed E-state index contributed by atoms with van der Waals surface area (Å²) in [5.74, 6) is 2.30. The molecule has 1 saturated carbocycles. The summed E-state index contributed by atoms with van der Waals surface area (Å²) in [6.45, 7) is 3.09. The van der Waals surface area contributed by atoms with Gasteiger partial charge >= 0.3 is 0 Å². The lowest BCUT2D eigenvalue weighted by Crippen LogP contribution is -2.32. The second-order valence-electron chi connectivity index (χ2n) is 6.49. The lowest BCUT2D eigenvalue weighted by molar-refractivity contribution is 0.0931. The normalized spacial score (nSPS) is 26.1. The zero-order valence-corrected chi connectivity index (χ0v) is 12.3. The van der Waals surface area contributed by atoms with Crippen molar-refractivity contribution in [1.29, 1.82) is 0 Å². The van der Waals surface area contributed by atoms with E-state index in [0.29, 0.717) is 11.6 Å². The maximum atomic E-state index is 12.3. The van der Waals surface area contributed by atoms with E-state index in [-0.39, 0.29) is 5.91 Å². The number of carbonyl (C=O) groups excluding carboxylic acids is 1. The van der Waals surface area contributed by atoms with Gasteiger partial charge in [-0.05, 0) is 43.9 Å². The van der Waals surface area contributed by atoms with E-state index in [1.165, 1.54) is 25.7 Å². The van der Waals surface area contributed by atoms with Crippen LogP contribution >= 0.6 is 0 Å². The molecule has 1 aromatic rings. The lowest BCUT2D eigenvalue weighted by Gasteiger charge is -2.26. The number of hydrogen-bond acceptors (Lipinski definition) is 3. The van der Waals surface area contributed by atoms with Crippen molar-refractivity contribution < 1.29 is 9.32 Å². The predicted molar refractivity (Wildman–Crippen MR) is 76.6 cm³/mol. The van der Waals surface area contributed by atoms with E-state index in [1.807, 2.05) is 0 Å². The average Bonchev–Trinajstić information content (AvgIpc) is 2.89. The molecule has 2 atom stereocenters. The zero-order chi connectivity index (χ0) is 13.9. The molecule has 1 aromatic heterocycles. The van der Waals surface area contributed by atoms with Crippen LogP contribution in [0.5, 0.6) is 0 Å². The summed E-state index contributed by atoms with van der Waals surface area (Å²) >= 11 is 0. The smallest absolute Gasteiger partial charge is 0.273 e. The van der Waals surface area contributed by atoms with Gasteiger partial charge in [0, 0.05) is 18.5 Å². The van der Waals surface area contributed by atoms with Gasteiger partial charge in [0.05, 0.1) is 0 Å². The van der Waals surface area contributed by atoms with Crippen LogP contribution in [-0.2, 0) is 12.8 Å². The Balaban J connectivity index is 1.58. The van der Waals surface area contributed by atoms with Crippen LogP contribution in [0.1, 0.15) is 67.3 Å². The number of aromatic nitrogens is 1. The molecular formula is C16H24N2O2. The molecule has 0 radical (unpaired) electrons. The largest absolute Gasteiger partial charge is 0.360 e. The summed E-state index contributed by atoms with van der Waals surface area (Å²) in [6.07, 6.45) is 9.23. The monoisotopic (exact) mass is 276 g/mol. The average molecular weight is 276 g/mol. The molecule has 110 valence electrons. The number of nitrogens with zero attached hydrogens (tertiary/aromatic N) is 1. The molecule has 0 aliphatic heterocycles. The molecule has 3 rings (SSSR count). The molecule has 1 fully saturated rings. The summed E-state index contributed by atoms with van der Waals surface area (Å²) < 4.78 is 5.31. The third kappa shape index (κ3) is 2.89. The fourth-order valence-electron chi connectivity index (χ4n) is 3.63. The highest BCUT2D eigenvalue weighted by Crippen LogP contribution is 2.28. The van der Waals surface area contributed by atoms with Gasteiger partial charge in [0.25, 0.3) is 5.91 Å². The van der Waals surface area contributed by atoms with Crippen LogP contribution in [0.3, 0.4) is 0 Å². The van der Waals surface area contributed by atoms with E-state index in [4.69, 9.17) is 4.52 Å². The van der Waals surface area contributed by atoms with Crippen LogP contribution in [0, 0.1) is 11.8 Å². The zero-order valence-electron chi connectivity index (χ0n) is 12.3. The fraction of sp³-hybridized carbons (Fsp3) is 0.750. The molecule has 0 bridgehead atoms. The molecule has 4 heteroatoms. The highest BCUT2D eigenvalue weighted by molar-refractivity contribution is 5.93. The molecule has 20 heavy (non-hydrogen) atoms. The molecule has 1 N–H and O–H groups in total. The van der Waals surface area contributed by atoms with Crippen molar-refractivity contribution in [3.05, 3.63) is 17.0 Å². The van der Waals surface area contributed by atoms with E-state index < -0.39 is 0 Å². The van der Waals surface area contributed by atoms with Crippen LogP contribution in [0.2, 0.25) is 0 Å². The van der Waals surface area contributed by atoms with E-state index in [9.17, 15) is 4.79 Å². The van der Waals surface area contributed by atoms with Gasteiger partial charge in [-0.1, -0.05) is 24.9 Å². The summed E-state index contributed by atoms with van der Waals surface area (Å²) in [7, 11) is 0. The Kier molecular flexibility index (Phi) is 4.08. The van der Waals surface area contributed by atoms with Crippen LogP contribution in [0.4, 0.5) is 0 Å². The Morgan fingerprint density at radius 3 is 3.00 bits per heavy atom. The van der Waals surface area contributed by atoms with Crippen molar-refractivity contribution in [3.63, 3.8) is 0 Å². The first-order chi connectivity index (χ1) is 9.74. The second kappa shape index (κ2) is 5.98. The Labute approximate surface area is 120 Å². The van der Waals surface area contributed by atoms with Gasteiger partial charge in [-0.3, -0.25) is 4.79 Å². The molecule has 1 heterocycles. The minimum absolute atomic E-state index is 0.0462. The number of rotatable bonds is 3. The first-order valence-electron chi connectivity index (χ1n) is 7.99. The quantitative estimate of drug-likeness (QED) is 0.923. The van der Waals surface area contributed by atoms with Crippen molar-refractivity contribution in [2.75, 3.05) is 6.54 Å². The standard InChI is InChI=1S/C16H24N2O2/c1-11-5-4-6-12(9-11)10-17-16(19)15-13-7-2-3-8-14(13)20-18-15/h11-12H,2-10H2,1H3,(H,17,19). The van der Waals surface area contributed by atoms with Gasteiger partial charge in [-0.2, -0.15) is 0 Å². The third-order valence-electron chi connectivity index (χ3n) is 4.76. The summed E-state index contributed by atoms with van der Waals surface area (Å²) in [5.41, 5.74) is 1.58. The van der Waals surface area contributed by atoms with E-state index in [2.05, 4.69) is 17.4 Å². The first kappa shape index (κ1) is 13.7. The highest BCUT2D eigenvalue weighted by atomic mass is 16.5. The van der Waals surface area contributed by atoms with Gasteiger partial charge in [0.2, 0.25) is 0 Å². The highest BCUT2D eigenvalue weighted by Gasteiger charge is 2.25. The molecule has 2 unspecified atom stereocenters. The van der Waals surface area contributed by atoms with Crippen molar-refractivity contribution in [3.8, 4) is 0 Å². The van der Waals surface area contributed by atoms with E-state index >= 15 is 0 Å². The van der Waals surface area contributed by atoms with Crippen molar-refractivity contribution in [2.45, 2.75) is 58.3 Å². The van der Waals surface area contributed by atoms with Gasteiger partial charge in [0.1, 0.15) is 5.76 Å². The van der Waals surface area contributed by atoms with Crippen LogP contribution in [-0.4, -0.2) is 17.6 Å². The van der Waals surface area contributed by atoms with Gasteiger partial charge in [-0.15, -0.1) is 0 Å². The third-order valence-corrected chi connectivity index (χ3v) is 4.76. The van der Waals surface area contributed by atoms with Crippen LogP contribution in [0.25, 0.3) is 0 Å². The van der Waals surface area contributed by atoms with Crippen molar-refractivity contribution >= 4 is 5.91 Å². The molecule has 2 aliphatic rings. The summed E-state index contributed by atoms with van der Waals surface area (Å²) in [5, 5.41) is 7.05. The summed E-state index contributed by atoms with van der Waals surface area (Å²) in [4.78, 5) is 12.3. The number of amides is 1. The molecule has 4 nitrogen and oxygen atoms in total. The van der Waals surface area contributed by atoms with E-state index in [0.717, 1.165) is 49.5 Å². The molecule has 2 aliphatic carbocycles. The molecule has 0 spiro atoms. The molecule has 1 amide bonds. The Hall–Kier alpha value is -1.32. The SMILES string of the molecule is CC1CCCC(CNC(=O)c2noc3c2CCCC3)C1. The Bertz CT molecular complexity index is 481. The molecule has 0 aromatic carbocycles. The van der Waals surface area contributed by atoms with Gasteiger partial charge in [-0.25, -0.2) is 0 Å². The molecule has 0 saturated heterocycles. The molecular weight excluding hydrogens is 252 g/mol. The Morgan fingerprint density at radius 2 is 2.15 bits per heavy atom. The van der Waals surface area contributed by atoms with Crippen LogP contribution in [0.15, 0.2) is 4.52 Å².